The predicted octanol–water partition coefficient (Wildman–Crippen LogP) is 5.13. The minimum absolute atomic E-state index is 0.680. The summed E-state index contributed by atoms with van der Waals surface area (Å²) in [6.07, 6.45) is 3.67. The van der Waals surface area contributed by atoms with Crippen LogP contribution in [0.1, 0.15) is 23.4 Å². The quantitative estimate of drug-likeness (QED) is 0.306. The molecule has 192 valence electrons. The molecule has 0 spiro atoms. The first kappa shape index (κ1) is 24.1. The van der Waals surface area contributed by atoms with Crippen LogP contribution in [0.15, 0.2) is 91.1 Å². The highest BCUT2D eigenvalue weighted by Gasteiger charge is 2.22. The van der Waals surface area contributed by atoms with Crippen LogP contribution in [0.2, 0.25) is 0 Å². The van der Waals surface area contributed by atoms with Gasteiger partial charge >= 0.3 is 0 Å². The van der Waals surface area contributed by atoms with Gasteiger partial charge in [0, 0.05) is 39.1 Å². The zero-order chi connectivity index (χ0) is 25.7. The van der Waals surface area contributed by atoms with Crippen LogP contribution in [0.3, 0.4) is 0 Å². The molecule has 0 N–H and O–H groups in total. The number of rotatable bonds is 7. The molecule has 7 nitrogen and oxygen atoms in total. The molecule has 2 aromatic heterocycles. The highest BCUT2D eigenvalue weighted by Crippen LogP contribution is 2.28. The number of aromatic nitrogens is 4. The lowest BCUT2D eigenvalue weighted by Gasteiger charge is -2.24. The normalized spacial score (nSPS) is 14.5. The highest BCUT2D eigenvalue weighted by molar-refractivity contribution is 5.88. The van der Waals surface area contributed by atoms with E-state index in [1.54, 1.807) is 7.11 Å². The van der Waals surface area contributed by atoms with Crippen LogP contribution >= 0.6 is 0 Å². The second-order valence-corrected chi connectivity index (χ2v) is 9.72. The number of fused-ring (bicyclic) bond motifs is 1. The minimum Gasteiger partial charge on any atom is -0.497 e. The van der Waals surface area contributed by atoms with Gasteiger partial charge in [-0.1, -0.05) is 60.7 Å². The Morgan fingerprint density at radius 3 is 2.39 bits per heavy atom. The number of nitrogens with zero attached hydrogens (tertiary/aromatic N) is 6. The van der Waals surface area contributed by atoms with Gasteiger partial charge in [0.05, 0.1) is 24.4 Å². The summed E-state index contributed by atoms with van der Waals surface area (Å²) in [6.45, 7) is 4.76. The molecule has 5 aromatic rings. The summed E-state index contributed by atoms with van der Waals surface area (Å²) in [4.78, 5) is 15.1. The fourth-order valence-electron chi connectivity index (χ4n) is 5.16. The van der Waals surface area contributed by atoms with E-state index in [1.807, 2.05) is 41.2 Å². The summed E-state index contributed by atoms with van der Waals surface area (Å²) in [5.74, 6) is 2.70. The second-order valence-electron chi connectivity index (χ2n) is 9.72. The molecule has 0 bridgehead atoms. The zero-order valence-corrected chi connectivity index (χ0v) is 21.7. The number of anilines is 1. The number of benzene rings is 3. The van der Waals surface area contributed by atoms with Crippen molar-refractivity contribution in [3.63, 3.8) is 0 Å². The summed E-state index contributed by atoms with van der Waals surface area (Å²) in [6, 6.07) is 29.0. The van der Waals surface area contributed by atoms with Crippen LogP contribution in [-0.4, -0.2) is 57.9 Å². The molecule has 0 amide bonds. The van der Waals surface area contributed by atoms with E-state index in [0.717, 1.165) is 73.3 Å². The van der Waals surface area contributed by atoms with E-state index in [0.29, 0.717) is 6.42 Å². The van der Waals surface area contributed by atoms with Crippen molar-refractivity contribution < 1.29 is 4.74 Å². The second kappa shape index (κ2) is 11.0. The van der Waals surface area contributed by atoms with E-state index < -0.39 is 0 Å². The molecule has 38 heavy (non-hydrogen) atoms. The van der Waals surface area contributed by atoms with Gasteiger partial charge in [0.1, 0.15) is 17.4 Å². The Morgan fingerprint density at radius 2 is 1.58 bits per heavy atom. The van der Waals surface area contributed by atoms with Crippen LogP contribution in [0.4, 0.5) is 5.82 Å². The van der Waals surface area contributed by atoms with Crippen LogP contribution < -0.4 is 9.64 Å². The maximum Gasteiger partial charge on any atom is 0.168 e. The predicted molar refractivity (Wildman–Crippen MR) is 151 cm³/mol. The fourth-order valence-corrected chi connectivity index (χ4v) is 5.16. The molecule has 0 saturated carbocycles. The number of methoxy groups -OCH3 is 1. The van der Waals surface area contributed by atoms with E-state index >= 15 is 0 Å². The third-order valence-corrected chi connectivity index (χ3v) is 7.09. The van der Waals surface area contributed by atoms with E-state index in [1.165, 1.54) is 11.1 Å². The molecule has 0 aliphatic carbocycles. The topological polar surface area (TPSA) is 59.3 Å². The molecule has 1 aliphatic rings. The Hall–Kier alpha value is -4.23. The van der Waals surface area contributed by atoms with Crippen molar-refractivity contribution in [2.75, 3.05) is 38.2 Å². The van der Waals surface area contributed by atoms with Crippen molar-refractivity contribution >= 4 is 16.9 Å². The first-order valence-electron chi connectivity index (χ1n) is 13.2. The van der Waals surface area contributed by atoms with Crippen molar-refractivity contribution in [2.45, 2.75) is 19.4 Å². The zero-order valence-electron chi connectivity index (χ0n) is 21.7. The summed E-state index contributed by atoms with van der Waals surface area (Å²) < 4.78 is 7.36. The van der Waals surface area contributed by atoms with Crippen molar-refractivity contribution in [3.05, 3.63) is 108 Å². The van der Waals surface area contributed by atoms with Crippen molar-refractivity contribution in [2.24, 2.45) is 0 Å². The van der Waals surface area contributed by atoms with Crippen molar-refractivity contribution in [3.8, 4) is 11.4 Å². The lowest BCUT2D eigenvalue weighted by molar-refractivity contribution is 0.285. The average molecular weight is 505 g/mol. The fraction of sp³-hybridized carbons (Fsp3) is 0.258. The molecule has 7 heteroatoms. The maximum absolute atomic E-state index is 5.42. The Labute approximate surface area is 223 Å². The molecule has 1 fully saturated rings. The van der Waals surface area contributed by atoms with E-state index in [-0.39, 0.29) is 0 Å². The van der Waals surface area contributed by atoms with Gasteiger partial charge in [-0.25, -0.2) is 14.6 Å². The third-order valence-electron chi connectivity index (χ3n) is 7.09. The van der Waals surface area contributed by atoms with E-state index in [2.05, 4.69) is 64.4 Å². The number of para-hydroxylation sites is 1. The lowest BCUT2D eigenvalue weighted by atomic mass is 10.1. The Balaban J connectivity index is 1.31. The highest BCUT2D eigenvalue weighted by atomic mass is 16.5. The van der Waals surface area contributed by atoms with Crippen molar-refractivity contribution in [1.82, 2.24) is 24.6 Å². The van der Waals surface area contributed by atoms with Gasteiger partial charge in [0.15, 0.2) is 5.65 Å². The summed E-state index contributed by atoms with van der Waals surface area (Å²) in [7, 11) is 1.72. The summed E-state index contributed by atoms with van der Waals surface area (Å²) >= 11 is 0. The molecular formula is C31H32N6O. The average Bonchev–Trinajstić information content (AvgIpc) is 3.25. The Kier molecular flexibility index (Phi) is 7.00. The van der Waals surface area contributed by atoms with Crippen LogP contribution in [0.25, 0.3) is 16.7 Å². The number of hydrogen-bond acceptors (Lipinski definition) is 6. The number of hydrogen-bond donors (Lipinski definition) is 0. The van der Waals surface area contributed by atoms with Crippen LogP contribution in [0.5, 0.6) is 5.75 Å². The summed E-state index contributed by atoms with van der Waals surface area (Å²) in [5, 5.41) is 5.74. The van der Waals surface area contributed by atoms with Gasteiger partial charge in [-0.05, 0) is 41.8 Å². The third kappa shape index (κ3) is 5.24. The van der Waals surface area contributed by atoms with Gasteiger partial charge in [0.2, 0.25) is 0 Å². The Bertz CT molecular complexity index is 1500. The van der Waals surface area contributed by atoms with Gasteiger partial charge in [-0.2, -0.15) is 5.10 Å². The SMILES string of the molecule is COc1cccc(CN2CCCN(c3nc(Cc4ccccc4)nc4c3cnn4-c3ccccc3)CC2)c1. The molecule has 0 radical (unpaired) electrons. The largest absolute Gasteiger partial charge is 0.497 e. The molecule has 1 aliphatic heterocycles. The lowest BCUT2D eigenvalue weighted by Crippen LogP contribution is -2.31. The van der Waals surface area contributed by atoms with Gasteiger partial charge < -0.3 is 9.64 Å². The van der Waals surface area contributed by atoms with E-state index in [9.17, 15) is 0 Å². The molecule has 3 heterocycles. The minimum atomic E-state index is 0.680. The van der Waals surface area contributed by atoms with Crippen LogP contribution in [-0.2, 0) is 13.0 Å². The molecule has 6 rings (SSSR count). The van der Waals surface area contributed by atoms with Crippen LogP contribution in [0, 0.1) is 0 Å². The van der Waals surface area contributed by atoms with Crippen molar-refractivity contribution in [1.29, 1.82) is 0 Å². The first-order valence-corrected chi connectivity index (χ1v) is 13.2. The smallest absolute Gasteiger partial charge is 0.168 e. The molecule has 0 unspecified atom stereocenters. The Morgan fingerprint density at radius 1 is 0.789 bits per heavy atom. The van der Waals surface area contributed by atoms with E-state index in [4.69, 9.17) is 19.8 Å². The summed E-state index contributed by atoms with van der Waals surface area (Å²) in [5.41, 5.74) is 4.32. The molecule has 1 saturated heterocycles. The number of ether oxygens (including phenoxy) is 1. The van der Waals surface area contributed by atoms with Gasteiger partial charge in [-0.15, -0.1) is 0 Å². The first-order chi connectivity index (χ1) is 18.8. The maximum atomic E-state index is 5.42. The van der Waals surface area contributed by atoms with Gasteiger partial charge in [-0.3, -0.25) is 4.90 Å². The van der Waals surface area contributed by atoms with Gasteiger partial charge in [0.25, 0.3) is 0 Å². The molecular weight excluding hydrogens is 472 g/mol. The standard InChI is InChI=1S/C31H32N6O/c1-38-27-15-8-12-25(20-27)23-35-16-9-17-36(19-18-35)30-28-22-32-37(26-13-6-3-7-14-26)31(28)34-29(33-30)21-24-10-4-2-5-11-24/h2-8,10-15,20,22H,9,16-19,21,23H2,1H3. The monoisotopic (exact) mass is 504 g/mol. The molecule has 3 aromatic carbocycles. The molecule has 0 atom stereocenters.